The first-order valence-corrected chi connectivity index (χ1v) is 7.13. The van der Waals surface area contributed by atoms with E-state index in [1.54, 1.807) is 7.11 Å². The fraction of sp³-hybridized carbons (Fsp3) is 0.571. The first kappa shape index (κ1) is 12.5. The fourth-order valence-corrected chi connectivity index (χ4v) is 3.46. The van der Waals surface area contributed by atoms with Crippen molar-refractivity contribution in [3.8, 4) is 5.75 Å². The molecule has 3 rings (SSSR count). The molecule has 1 aromatic rings. The monoisotopic (exact) mass is 311 g/mol. The standard InChI is InChI=1S/C14H18BrNO2/c1-16-12-8-14(6-10(7-14)17-2)18-13-4-3-9(15)5-11(12)13/h3-5,10,12,16H,6-8H2,1-2H3. The molecule has 0 saturated heterocycles. The summed E-state index contributed by atoms with van der Waals surface area (Å²) in [6.07, 6.45) is 3.38. The Hall–Kier alpha value is -0.580. The van der Waals surface area contributed by atoms with Crippen LogP contribution in [0.1, 0.15) is 30.9 Å². The smallest absolute Gasteiger partial charge is 0.125 e. The van der Waals surface area contributed by atoms with Gasteiger partial charge in [-0.15, -0.1) is 0 Å². The topological polar surface area (TPSA) is 30.5 Å². The zero-order valence-electron chi connectivity index (χ0n) is 10.7. The highest BCUT2D eigenvalue weighted by Crippen LogP contribution is 2.49. The molecule has 1 aliphatic heterocycles. The number of ether oxygens (including phenoxy) is 2. The van der Waals surface area contributed by atoms with Gasteiger partial charge < -0.3 is 14.8 Å². The minimum atomic E-state index is -0.0187. The van der Waals surface area contributed by atoms with Crippen LogP contribution < -0.4 is 10.1 Å². The quantitative estimate of drug-likeness (QED) is 0.910. The summed E-state index contributed by atoms with van der Waals surface area (Å²) in [5.74, 6) is 1.01. The van der Waals surface area contributed by atoms with Gasteiger partial charge in [0.05, 0.1) is 6.10 Å². The molecular weight excluding hydrogens is 294 g/mol. The van der Waals surface area contributed by atoms with Gasteiger partial charge in [-0.25, -0.2) is 0 Å². The van der Waals surface area contributed by atoms with Gasteiger partial charge in [0.2, 0.25) is 0 Å². The van der Waals surface area contributed by atoms with Crippen LogP contribution in [0.4, 0.5) is 0 Å². The van der Waals surface area contributed by atoms with Crippen LogP contribution in [0.5, 0.6) is 5.75 Å². The lowest BCUT2D eigenvalue weighted by molar-refractivity contribution is -0.125. The first-order chi connectivity index (χ1) is 8.65. The number of benzene rings is 1. The maximum Gasteiger partial charge on any atom is 0.125 e. The molecule has 1 spiro atoms. The number of hydrogen-bond acceptors (Lipinski definition) is 3. The lowest BCUT2D eigenvalue weighted by Crippen LogP contribution is -2.55. The molecule has 1 heterocycles. The normalized spacial score (nSPS) is 33.7. The van der Waals surface area contributed by atoms with E-state index in [9.17, 15) is 0 Å². The van der Waals surface area contributed by atoms with Crippen molar-refractivity contribution in [2.45, 2.75) is 37.0 Å². The van der Waals surface area contributed by atoms with E-state index < -0.39 is 0 Å². The van der Waals surface area contributed by atoms with Crippen LogP contribution in [0.15, 0.2) is 22.7 Å². The summed E-state index contributed by atoms with van der Waals surface area (Å²) in [5.41, 5.74) is 1.23. The average molecular weight is 312 g/mol. The maximum absolute atomic E-state index is 6.23. The second kappa shape index (κ2) is 4.51. The minimum Gasteiger partial charge on any atom is -0.487 e. The van der Waals surface area contributed by atoms with E-state index in [1.807, 2.05) is 13.1 Å². The van der Waals surface area contributed by atoms with Gasteiger partial charge >= 0.3 is 0 Å². The SMILES string of the molecule is CNC1CC2(CC(OC)C2)Oc2ccc(Br)cc21. The van der Waals surface area contributed by atoms with Gasteiger partial charge in [-0.05, 0) is 25.2 Å². The third-order valence-electron chi connectivity index (χ3n) is 4.13. The molecule has 3 nitrogen and oxygen atoms in total. The molecule has 1 unspecified atom stereocenters. The van der Waals surface area contributed by atoms with Gasteiger partial charge in [0.15, 0.2) is 0 Å². The predicted octanol–water partition coefficient (Wildman–Crippen LogP) is 3.04. The average Bonchev–Trinajstić information content (AvgIpc) is 2.34. The maximum atomic E-state index is 6.23. The molecule has 1 N–H and O–H groups in total. The summed E-state index contributed by atoms with van der Waals surface area (Å²) >= 11 is 3.52. The third-order valence-corrected chi connectivity index (χ3v) is 4.62. The molecule has 0 bridgehead atoms. The van der Waals surface area contributed by atoms with Crippen molar-refractivity contribution in [1.29, 1.82) is 0 Å². The first-order valence-electron chi connectivity index (χ1n) is 6.34. The van der Waals surface area contributed by atoms with Crippen molar-refractivity contribution in [2.75, 3.05) is 14.2 Å². The van der Waals surface area contributed by atoms with Crippen LogP contribution in [0, 0.1) is 0 Å². The molecule has 0 aromatic heterocycles. The Labute approximate surface area is 116 Å². The van der Waals surface area contributed by atoms with Crippen LogP contribution >= 0.6 is 15.9 Å². The van der Waals surface area contributed by atoms with E-state index in [4.69, 9.17) is 9.47 Å². The van der Waals surface area contributed by atoms with E-state index in [0.717, 1.165) is 29.5 Å². The van der Waals surface area contributed by atoms with Gasteiger partial charge in [-0.3, -0.25) is 0 Å². The summed E-state index contributed by atoms with van der Waals surface area (Å²) < 4.78 is 12.7. The molecule has 0 radical (unpaired) electrons. The zero-order valence-corrected chi connectivity index (χ0v) is 12.3. The molecular formula is C14H18BrNO2. The summed E-state index contributed by atoms with van der Waals surface area (Å²) in [5, 5.41) is 3.40. The number of nitrogens with one attached hydrogen (secondary N) is 1. The van der Waals surface area contributed by atoms with E-state index >= 15 is 0 Å². The fourth-order valence-electron chi connectivity index (χ4n) is 3.09. The van der Waals surface area contributed by atoms with Gasteiger partial charge in [-0.2, -0.15) is 0 Å². The molecule has 1 aliphatic carbocycles. The summed E-state index contributed by atoms with van der Waals surface area (Å²) in [4.78, 5) is 0. The van der Waals surface area contributed by atoms with Crippen molar-refractivity contribution < 1.29 is 9.47 Å². The number of fused-ring (bicyclic) bond motifs is 1. The van der Waals surface area contributed by atoms with Crippen molar-refractivity contribution in [1.82, 2.24) is 5.32 Å². The van der Waals surface area contributed by atoms with Crippen LogP contribution in [0.25, 0.3) is 0 Å². The number of rotatable bonds is 2. The molecule has 1 atom stereocenters. The van der Waals surface area contributed by atoms with Gasteiger partial charge in [0.1, 0.15) is 11.4 Å². The Morgan fingerprint density at radius 2 is 2.17 bits per heavy atom. The molecule has 18 heavy (non-hydrogen) atoms. The lowest BCUT2D eigenvalue weighted by atomic mass is 9.71. The minimum absolute atomic E-state index is 0.0187. The van der Waals surface area contributed by atoms with Gasteiger partial charge in [-0.1, -0.05) is 15.9 Å². The van der Waals surface area contributed by atoms with Crippen molar-refractivity contribution in [2.24, 2.45) is 0 Å². The molecule has 2 aliphatic rings. The van der Waals surface area contributed by atoms with Gasteiger partial charge in [0.25, 0.3) is 0 Å². The lowest BCUT2D eigenvalue weighted by Gasteiger charge is -2.51. The van der Waals surface area contributed by atoms with Crippen molar-refractivity contribution in [3.63, 3.8) is 0 Å². The van der Waals surface area contributed by atoms with Gasteiger partial charge in [0, 0.05) is 42.5 Å². The molecule has 1 fully saturated rings. The zero-order chi connectivity index (χ0) is 12.8. The summed E-state index contributed by atoms with van der Waals surface area (Å²) in [7, 11) is 3.79. The second-order valence-corrected chi connectivity index (χ2v) is 6.19. The highest BCUT2D eigenvalue weighted by Gasteiger charge is 2.50. The summed E-state index contributed by atoms with van der Waals surface area (Å²) in [6, 6.07) is 6.61. The van der Waals surface area contributed by atoms with Crippen LogP contribution in [-0.4, -0.2) is 25.9 Å². The van der Waals surface area contributed by atoms with E-state index in [2.05, 4.69) is 33.4 Å². The number of halogens is 1. The highest BCUT2D eigenvalue weighted by atomic mass is 79.9. The van der Waals surface area contributed by atoms with Crippen LogP contribution in [-0.2, 0) is 4.74 Å². The third kappa shape index (κ3) is 1.96. The number of hydrogen-bond donors (Lipinski definition) is 1. The van der Waals surface area contributed by atoms with Crippen LogP contribution in [0.2, 0.25) is 0 Å². The summed E-state index contributed by atoms with van der Waals surface area (Å²) in [6.45, 7) is 0. The predicted molar refractivity (Wildman–Crippen MR) is 73.9 cm³/mol. The van der Waals surface area contributed by atoms with E-state index in [-0.39, 0.29) is 5.60 Å². The van der Waals surface area contributed by atoms with E-state index in [1.165, 1.54) is 5.56 Å². The molecule has 1 aromatic carbocycles. The molecule has 0 amide bonds. The largest absolute Gasteiger partial charge is 0.487 e. The number of methoxy groups -OCH3 is 1. The Kier molecular flexibility index (Phi) is 3.12. The van der Waals surface area contributed by atoms with E-state index in [0.29, 0.717) is 12.1 Å². The highest BCUT2D eigenvalue weighted by molar-refractivity contribution is 9.10. The Bertz CT molecular complexity index is 457. The van der Waals surface area contributed by atoms with Crippen molar-refractivity contribution in [3.05, 3.63) is 28.2 Å². The molecule has 1 saturated carbocycles. The van der Waals surface area contributed by atoms with Crippen LogP contribution in [0.3, 0.4) is 0 Å². The second-order valence-electron chi connectivity index (χ2n) is 5.28. The Morgan fingerprint density at radius 1 is 1.39 bits per heavy atom. The van der Waals surface area contributed by atoms with Crippen molar-refractivity contribution >= 4 is 15.9 Å². The Balaban J connectivity index is 1.89. The molecule has 98 valence electrons. The molecule has 4 heteroatoms. The Morgan fingerprint density at radius 3 is 2.83 bits per heavy atom.